The standard InChI is InChI=1S/C28H27F3N4O5S/c1-38-16-3-4-17(23(36)34-27-11-26(12-27,13-27)28(29,30)31)19(8-16)32-24(37)21-20(39-2)6-5-18-22(21)41-25(33-18)35-14-7-15(35)10-40-9-14/h3-6,8,14-15H,7,9-13H2,1-2H3,(H,32,37)(H,34,36). The van der Waals surface area contributed by atoms with E-state index in [4.69, 9.17) is 19.2 Å². The predicted octanol–water partition coefficient (Wildman–Crippen LogP) is 4.76. The highest BCUT2D eigenvalue weighted by Crippen LogP contribution is 2.73. The van der Waals surface area contributed by atoms with E-state index in [-0.39, 0.29) is 48.2 Å². The predicted molar refractivity (Wildman–Crippen MR) is 145 cm³/mol. The van der Waals surface area contributed by atoms with E-state index < -0.39 is 28.9 Å². The van der Waals surface area contributed by atoms with Crippen LogP contribution in [-0.2, 0) is 4.74 Å². The summed E-state index contributed by atoms with van der Waals surface area (Å²) in [5.74, 6) is -0.332. The van der Waals surface area contributed by atoms with Gasteiger partial charge >= 0.3 is 6.18 Å². The number of carbonyl (C=O) groups is 2. The lowest BCUT2D eigenvalue weighted by atomic mass is 9.39. The van der Waals surface area contributed by atoms with Crippen molar-refractivity contribution in [3.05, 3.63) is 41.5 Å². The van der Waals surface area contributed by atoms with Crippen LogP contribution in [0.15, 0.2) is 30.3 Å². The van der Waals surface area contributed by atoms with Gasteiger partial charge in [0.2, 0.25) is 0 Å². The zero-order valence-corrected chi connectivity index (χ0v) is 23.1. The number of amides is 2. The maximum absolute atomic E-state index is 13.8. The van der Waals surface area contributed by atoms with Gasteiger partial charge in [0.05, 0.1) is 66.4 Å². The summed E-state index contributed by atoms with van der Waals surface area (Å²) in [6, 6.07) is 8.57. The van der Waals surface area contributed by atoms with E-state index in [1.165, 1.54) is 37.7 Å². The quantitative estimate of drug-likeness (QED) is 0.411. The molecule has 5 aliphatic rings. The number of carbonyl (C=O) groups excluding carboxylic acids is 2. The number of ether oxygens (including phenoxy) is 3. The Morgan fingerprint density at radius 2 is 1.80 bits per heavy atom. The third-order valence-corrected chi connectivity index (χ3v) is 9.96. The first-order valence-corrected chi connectivity index (χ1v) is 14.1. The monoisotopic (exact) mass is 588 g/mol. The molecule has 9 nitrogen and oxygen atoms in total. The lowest BCUT2D eigenvalue weighted by Gasteiger charge is -2.70. The van der Waals surface area contributed by atoms with Crippen LogP contribution in [0, 0.1) is 5.41 Å². The average molecular weight is 589 g/mol. The maximum Gasteiger partial charge on any atom is 0.394 e. The van der Waals surface area contributed by atoms with Crippen molar-refractivity contribution in [3.63, 3.8) is 0 Å². The lowest BCUT2D eigenvalue weighted by Crippen LogP contribution is -2.78. The first-order chi connectivity index (χ1) is 19.6. The summed E-state index contributed by atoms with van der Waals surface area (Å²) >= 11 is 1.40. The fourth-order valence-electron chi connectivity index (χ4n) is 6.77. The maximum atomic E-state index is 13.8. The molecule has 2 aliphatic heterocycles. The minimum Gasteiger partial charge on any atom is -0.497 e. The van der Waals surface area contributed by atoms with E-state index in [1.807, 2.05) is 0 Å². The number of rotatable bonds is 7. The number of alkyl halides is 3. The normalized spacial score (nSPS) is 27.8. The highest BCUT2D eigenvalue weighted by Gasteiger charge is 2.79. The molecule has 216 valence electrons. The second-order valence-electron chi connectivity index (χ2n) is 11.4. The van der Waals surface area contributed by atoms with Crippen LogP contribution < -0.4 is 25.0 Å². The first kappa shape index (κ1) is 26.3. The van der Waals surface area contributed by atoms with Gasteiger partial charge in [-0.2, -0.15) is 13.2 Å². The molecule has 2 N–H and O–H groups in total. The summed E-state index contributed by atoms with van der Waals surface area (Å²) in [5.41, 5.74) is -1.36. The van der Waals surface area contributed by atoms with Gasteiger partial charge in [0.25, 0.3) is 11.8 Å². The van der Waals surface area contributed by atoms with Gasteiger partial charge in [-0.05, 0) is 49.9 Å². The van der Waals surface area contributed by atoms with Crippen LogP contribution in [0.25, 0.3) is 10.2 Å². The van der Waals surface area contributed by atoms with Crippen molar-refractivity contribution >= 4 is 44.2 Å². The molecule has 5 fully saturated rings. The van der Waals surface area contributed by atoms with Crippen LogP contribution >= 0.6 is 11.3 Å². The third-order valence-electron chi connectivity index (χ3n) is 8.86. The van der Waals surface area contributed by atoms with Crippen molar-refractivity contribution in [1.29, 1.82) is 0 Å². The molecule has 2 aromatic carbocycles. The molecule has 1 aromatic heterocycles. The van der Waals surface area contributed by atoms with Crippen molar-refractivity contribution in [2.24, 2.45) is 5.41 Å². The van der Waals surface area contributed by atoms with Crippen molar-refractivity contribution in [2.75, 3.05) is 37.7 Å². The van der Waals surface area contributed by atoms with Crippen molar-refractivity contribution < 1.29 is 37.0 Å². The van der Waals surface area contributed by atoms with Crippen molar-refractivity contribution in [3.8, 4) is 11.5 Å². The number of methoxy groups -OCH3 is 2. The molecule has 0 radical (unpaired) electrons. The molecule has 2 saturated heterocycles. The second-order valence-corrected chi connectivity index (χ2v) is 12.4. The highest BCUT2D eigenvalue weighted by atomic mass is 32.1. The van der Waals surface area contributed by atoms with Gasteiger partial charge in [-0.25, -0.2) is 4.98 Å². The van der Waals surface area contributed by atoms with Gasteiger partial charge in [-0.15, -0.1) is 0 Å². The number of anilines is 2. The van der Waals surface area contributed by atoms with Gasteiger partial charge in [0.1, 0.15) is 17.1 Å². The fourth-order valence-corrected chi connectivity index (χ4v) is 8.02. The first-order valence-electron chi connectivity index (χ1n) is 13.3. The van der Waals surface area contributed by atoms with Crippen LogP contribution in [0.2, 0.25) is 0 Å². The summed E-state index contributed by atoms with van der Waals surface area (Å²) < 4.78 is 57.0. The number of morpholine rings is 1. The number of hydrogen-bond donors (Lipinski definition) is 2. The summed E-state index contributed by atoms with van der Waals surface area (Å²) in [5, 5.41) is 6.42. The summed E-state index contributed by atoms with van der Waals surface area (Å²) in [6.45, 7) is 1.28. The van der Waals surface area contributed by atoms with E-state index in [9.17, 15) is 22.8 Å². The number of benzene rings is 2. The summed E-state index contributed by atoms with van der Waals surface area (Å²) in [4.78, 5) is 34.1. The number of thiazole rings is 1. The average Bonchev–Trinajstić information content (AvgIpc) is 3.31. The molecule has 3 aliphatic carbocycles. The Kier molecular flexibility index (Phi) is 5.75. The highest BCUT2D eigenvalue weighted by molar-refractivity contribution is 7.22. The second kappa shape index (κ2) is 8.96. The van der Waals surface area contributed by atoms with E-state index in [0.717, 1.165) is 11.6 Å². The number of aromatic nitrogens is 1. The van der Waals surface area contributed by atoms with E-state index in [0.29, 0.717) is 34.9 Å². The third kappa shape index (κ3) is 3.96. The Morgan fingerprint density at radius 3 is 2.44 bits per heavy atom. The molecule has 2 amide bonds. The van der Waals surface area contributed by atoms with Crippen LogP contribution in [0.4, 0.5) is 24.0 Å². The van der Waals surface area contributed by atoms with Crippen LogP contribution in [-0.4, -0.2) is 68.0 Å². The Balaban J connectivity index is 1.17. The molecule has 2 unspecified atom stereocenters. The van der Waals surface area contributed by atoms with Crippen molar-refractivity contribution in [2.45, 2.75) is 49.5 Å². The molecular formula is C28H27F3N4O5S. The largest absolute Gasteiger partial charge is 0.497 e. The van der Waals surface area contributed by atoms with Gasteiger partial charge in [0, 0.05) is 11.6 Å². The Morgan fingerprint density at radius 1 is 1.07 bits per heavy atom. The van der Waals surface area contributed by atoms with Crippen LogP contribution in [0.1, 0.15) is 46.4 Å². The topological polar surface area (TPSA) is 102 Å². The Bertz CT molecular complexity index is 1560. The van der Waals surface area contributed by atoms with Gasteiger partial charge in [-0.1, -0.05) is 11.3 Å². The van der Waals surface area contributed by atoms with E-state index in [2.05, 4.69) is 15.5 Å². The smallest absolute Gasteiger partial charge is 0.394 e. The van der Waals surface area contributed by atoms with Gasteiger partial charge in [-0.3, -0.25) is 9.59 Å². The molecule has 8 rings (SSSR count). The molecule has 2 atom stereocenters. The lowest BCUT2D eigenvalue weighted by molar-refractivity contribution is -0.336. The number of nitrogens with zero attached hydrogens (tertiary/aromatic N) is 2. The zero-order chi connectivity index (χ0) is 28.7. The number of hydrogen-bond acceptors (Lipinski definition) is 8. The molecule has 3 saturated carbocycles. The molecule has 0 spiro atoms. The molecule has 4 bridgehead atoms. The Labute approximate surface area is 237 Å². The van der Waals surface area contributed by atoms with Crippen LogP contribution in [0.3, 0.4) is 0 Å². The van der Waals surface area contributed by atoms with Gasteiger partial charge in [0.15, 0.2) is 5.13 Å². The SMILES string of the molecule is COc1ccc(C(=O)NC23CC(C(F)(F)F)(C2)C3)c(NC(=O)c2c(OC)ccc3nc(N4C5COCC4C5)sc23)c1. The number of fused-ring (bicyclic) bond motifs is 3. The van der Waals surface area contributed by atoms with Gasteiger partial charge < -0.3 is 29.7 Å². The summed E-state index contributed by atoms with van der Waals surface area (Å²) in [6.07, 6.45) is -3.64. The molecular weight excluding hydrogens is 561 g/mol. The molecule has 13 heteroatoms. The minimum absolute atomic E-state index is 0.120. The van der Waals surface area contributed by atoms with Crippen molar-refractivity contribution in [1.82, 2.24) is 10.3 Å². The van der Waals surface area contributed by atoms with E-state index >= 15 is 0 Å². The van der Waals surface area contributed by atoms with E-state index in [1.54, 1.807) is 18.2 Å². The zero-order valence-electron chi connectivity index (χ0n) is 22.3. The fraction of sp³-hybridized carbons (Fsp3) is 0.464. The number of halogens is 3. The van der Waals surface area contributed by atoms with Crippen LogP contribution in [0.5, 0.6) is 11.5 Å². The molecule has 3 aromatic rings. The minimum atomic E-state index is -4.28. The Hall–Kier alpha value is -3.58. The summed E-state index contributed by atoms with van der Waals surface area (Å²) in [7, 11) is 2.93. The molecule has 41 heavy (non-hydrogen) atoms. The number of nitrogens with one attached hydrogen (secondary N) is 2. The molecule has 3 heterocycles.